The van der Waals surface area contributed by atoms with Crippen LogP contribution in [0.1, 0.15) is 41.6 Å². The molecule has 0 spiro atoms. The van der Waals surface area contributed by atoms with E-state index in [9.17, 15) is 13.2 Å². The molecule has 1 amide bonds. The summed E-state index contributed by atoms with van der Waals surface area (Å²) in [6.45, 7) is 1.93. The zero-order valence-corrected chi connectivity index (χ0v) is 16.4. The first kappa shape index (κ1) is 17.6. The molecule has 2 atom stereocenters. The lowest BCUT2D eigenvalue weighted by Gasteiger charge is -2.25. The monoisotopic (exact) mass is 391 g/mol. The number of aromatic nitrogens is 2. The maximum atomic E-state index is 12.4. The van der Waals surface area contributed by atoms with Crippen LogP contribution in [0.2, 0.25) is 0 Å². The molecule has 1 aromatic carbocycles. The van der Waals surface area contributed by atoms with E-state index in [0.717, 1.165) is 16.8 Å². The number of carbonyl (C=O) groups is 1. The number of aryl methyl sites for hydroxylation is 1. The van der Waals surface area contributed by atoms with Crippen LogP contribution in [0.3, 0.4) is 0 Å². The summed E-state index contributed by atoms with van der Waals surface area (Å²) in [4.78, 5) is 13.5. The molecule has 0 radical (unpaired) electrons. The third kappa shape index (κ3) is 3.05. The van der Waals surface area contributed by atoms with Crippen molar-refractivity contribution < 1.29 is 13.2 Å². The lowest BCUT2D eigenvalue weighted by Crippen LogP contribution is -2.26. The van der Waals surface area contributed by atoms with Crippen molar-refractivity contribution in [3.63, 3.8) is 0 Å². The van der Waals surface area contributed by atoms with E-state index in [1.165, 1.54) is 4.90 Å². The Balaban J connectivity index is 1.77. The molecule has 3 heterocycles. The van der Waals surface area contributed by atoms with Crippen LogP contribution in [0.4, 0.5) is 5.82 Å². The average Bonchev–Trinajstić information content (AvgIpc) is 3.13. The van der Waals surface area contributed by atoms with Crippen molar-refractivity contribution in [1.29, 1.82) is 0 Å². The second-order valence-electron chi connectivity index (χ2n) is 6.93. The molecule has 6 nitrogen and oxygen atoms in total. The Morgan fingerprint density at radius 2 is 2.00 bits per heavy atom. The molecule has 26 heavy (non-hydrogen) atoms. The van der Waals surface area contributed by atoms with Gasteiger partial charge in [0.25, 0.3) is 0 Å². The molecule has 1 N–H and O–H groups in total. The Bertz CT molecular complexity index is 964. The zero-order valence-electron chi connectivity index (χ0n) is 14.7. The number of nitrogens with zero attached hydrogens (tertiary/aromatic N) is 2. The molecule has 0 saturated carbocycles. The van der Waals surface area contributed by atoms with E-state index < -0.39 is 9.84 Å². The first-order valence-corrected chi connectivity index (χ1v) is 11.7. The van der Waals surface area contributed by atoms with Crippen molar-refractivity contribution >= 4 is 33.3 Å². The number of carbonyl (C=O) groups excluding carboxylic acids is 1. The molecule has 2 unspecified atom stereocenters. The van der Waals surface area contributed by atoms with Gasteiger partial charge in [0, 0.05) is 22.8 Å². The van der Waals surface area contributed by atoms with Crippen molar-refractivity contribution in [2.75, 3.05) is 23.1 Å². The van der Waals surface area contributed by atoms with Crippen LogP contribution in [0, 0.1) is 6.92 Å². The molecular formula is C18H21N3O3S2. The highest BCUT2D eigenvalue weighted by atomic mass is 32.2. The summed E-state index contributed by atoms with van der Waals surface area (Å²) in [5.41, 5.74) is 2.94. The quantitative estimate of drug-likeness (QED) is 0.814. The second-order valence-corrected chi connectivity index (χ2v) is 10.0. The van der Waals surface area contributed by atoms with Gasteiger partial charge in [0.2, 0.25) is 5.91 Å². The van der Waals surface area contributed by atoms with Crippen LogP contribution >= 0.6 is 11.8 Å². The molecule has 4 rings (SSSR count). The van der Waals surface area contributed by atoms with Crippen molar-refractivity contribution in [3.05, 3.63) is 41.1 Å². The fraction of sp³-hybridized carbons (Fsp3) is 0.444. The highest BCUT2D eigenvalue weighted by molar-refractivity contribution is 7.98. The van der Waals surface area contributed by atoms with Gasteiger partial charge in [0.05, 0.1) is 23.2 Å². The zero-order chi connectivity index (χ0) is 18.5. The number of amides is 1. The number of anilines is 1. The van der Waals surface area contributed by atoms with E-state index in [0.29, 0.717) is 18.7 Å². The fourth-order valence-electron chi connectivity index (χ4n) is 3.93. The summed E-state index contributed by atoms with van der Waals surface area (Å²) < 4.78 is 25.5. The predicted molar refractivity (Wildman–Crippen MR) is 103 cm³/mol. The molecule has 8 heteroatoms. The Hall–Kier alpha value is -1.80. The Morgan fingerprint density at radius 1 is 1.27 bits per heavy atom. The van der Waals surface area contributed by atoms with E-state index in [4.69, 9.17) is 0 Å². The third-order valence-electron chi connectivity index (χ3n) is 5.20. The predicted octanol–water partition coefficient (Wildman–Crippen LogP) is 2.75. The number of sulfone groups is 1. The first-order chi connectivity index (χ1) is 12.4. The smallest absolute Gasteiger partial charge is 0.226 e. The van der Waals surface area contributed by atoms with Gasteiger partial charge in [-0.2, -0.15) is 5.10 Å². The van der Waals surface area contributed by atoms with Gasteiger partial charge in [-0.1, -0.05) is 12.1 Å². The molecule has 0 aliphatic carbocycles. The van der Waals surface area contributed by atoms with Gasteiger partial charge >= 0.3 is 0 Å². The van der Waals surface area contributed by atoms with Crippen LogP contribution in [-0.4, -0.2) is 41.9 Å². The molecule has 2 aliphatic rings. The second kappa shape index (κ2) is 6.42. The standard InChI is InChI=1S/C18H21N3O3S2/c1-11-17-15(12-3-5-14(25-2)6-4-12)9-16(22)19-18(17)21(20-11)13-7-8-26(23,24)10-13/h3-6,13,15H,7-10H2,1-2H3,(H,19,22). The summed E-state index contributed by atoms with van der Waals surface area (Å²) >= 11 is 1.68. The summed E-state index contributed by atoms with van der Waals surface area (Å²) in [7, 11) is -3.02. The van der Waals surface area contributed by atoms with Crippen molar-refractivity contribution in [3.8, 4) is 0 Å². The highest BCUT2D eigenvalue weighted by Crippen LogP contribution is 2.41. The van der Waals surface area contributed by atoms with Crippen LogP contribution in [-0.2, 0) is 14.6 Å². The summed E-state index contributed by atoms with van der Waals surface area (Å²) in [5, 5.41) is 7.56. The maximum Gasteiger partial charge on any atom is 0.226 e. The molecule has 1 fully saturated rings. The van der Waals surface area contributed by atoms with Crippen LogP contribution in [0.15, 0.2) is 29.2 Å². The van der Waals surface area contributed by atoms with E-state index in [1.807, 2.05) is 13.2 Å². The third-order valence-corrected chi connectivity index (χ3v) is 7.69. The SMILES string of the molecule is CSc1ccc(C2CC(=O)Nc3c2c(C)nn3C2CCS(=O)(=O)C2)cc1. The largest absolute Gasteiger partial charge is 0.311 e. The number of nitrogens with one attached hydrogen (secondary N) is 1. The fourth-order valence-corrected chi connectivity index (χ4v) is 6.03. The number of fused-ring (bicyclic) bond motifs is 1. The molecule has 138 valence electrons. The summed E-state index contributed by atoms with van der Waals surface area (Å²) in [6.07, 6.45) is 2.95. The van der Waals surface area contributed by atoms with Crippen molar-refractivity contribution in [2.24, 2.45) is 0 Å². The minimum Gasteiger partial charge on any atom is -0.311 e. The normalized spacial score (nSPS) is 24.3. The molecule has 0 bridgehead atoms. The number of hydrogen-bond donors (Lipinski definition) is 1. The minimum absolute atomic E-state index is 0.0542. The van der Waals surface area contributed by atoms with Gasteiger partial charge in [0.15, 0.2) is 9.84 Å². The van der Waals surface area contributed by atoms with E-state index in [-0.39, 0.29) is 29.4 Å². The van der Waals surface area contributed by atoms with Gasteiger partial charge in [-0.25, -0.2) is 13.1 Å². The van der Waals surface area contributed by atoms with Crippen molar-refractivity contribution in [1.82, 2.24) is 9.78 Å². The summed E-state index contributed by atoms with van der Waals surface area (Å²) in [6, 6.07) is 8.05. The molecular weight excluding hydrogens is 370 g/mol. The Morgan fingerprint density at radius 3 is 2.62 bits per heavy atom. The van der Waals surface area contributed by atoms with Gasteiger partial charge in [0.1, 0.15) is 5.82 Å². The van der Waals surface area contributed by atoms with Crippen molar-refractivity contribution in [2.45, 2.75) is 36.6 Å². The number of hydrogen-bond acceptors (Lipinski definition) is 5. The van der Waals surface area contributed by atoms with Crippen LogP contribution in [0.5, 0.6) is 0 Å². The minimum atomic E-state index is -3.02. The summed E-state index contributed by atoms with van der Waals surface area (Å²) in [5.74, 6) is 0.821. The van der Waals surface area contributed by atoms with Gasteiger partial charge in [-0.05, 0) is 37.3 Å². The first-order valence-electron chi connectivity index (χ1n) is 8.61. The molecule has 1 aromatic heterocycles. The van der Waals surface area contributed by atoms with Gasteiger partial charge in [-0.3, -0.25) is 4.79 Å². The van der Waals surface area contributed by atoms with E-state index in [2.05, 4.69) is 34.7 Å². The lowest BCUT2D eigenvalue weighted by molar-refractivity contribution is -0.116. The number of thioether (sulfide) groups is 1. The maximum absolute atomic E-state index is 12.4. The van der Waals surface area contributed by atoms with Crippen LogP contribution < -0.4 is 5.32 Å². The molecule has 2 aliphatic heterocycles. The molecule has 2 aromatic rings. The molecule has 1 saturated heterocycles. The highest BCUT2D eigenvalue weighted by Gasteiger charge is 2.37. The van der Waals surface area contributed by atoms with E-state index >= 15 is 0 Å². The average molecular weight is 392 g/mol. The lowest BCUT2D eigenvalue weighted by atomic mass is 9.86. The number of benzene rings is 1. The number of rotatable bonds is 3. The van der Waals surface area contributed by atoms with Crippen LogP contribution in [0.25, 0.3) is 0 Å². The Kier molecular flexibility index (Phi) is 4.35. The van der Waals surface area contributed by atoms with Gasteiger partial charge in [-0.15, -0.1) is 11.8 Å². The van der Waals surface area contributed by atoms with E-state index in [1.54, 1.807) is 16.4 Å². The van der Waals surface area contributed by atoms with Gasteiger partial charge < -0.3 is 5.32 Å². The Labute approximate surface area is 157 Å². The topological polar surface area (TPSA) is 81.1 Å².